The van der Waals surface area contributed by atoms with Gasteiger partial charge in [-0.05, 0) is 24.2 Å². The van der Waals surface area contributed by atoms with Crippen LogP contribution in [0.1, 0.15) is 54.4 Å². The Kier molecular flexibility index (Phi) is 6.46. The highest BCUT2D eigenvalue weighted by Crippen LogP contribution is 2.44. The molecule has 1 unspecified atom stereocenters. The molecular formula is C12H28ClNSi. The van der Waals surface area contributed by atoms with Crippen molar-refractivity contribution in [2.75, 3.05) is 13.1 Å². The normalized spacial score (nSPS) is 16.8. The summed E-state index contributed by atoms with van der Waals surface area (Å²) in [5, 5.41) is 0.260. The SMILES string of the molecule is CCCC[Si](Cl)(N(CC)CC)C(C)(C)C. The zero-order valence-electron chi connectivity index (χ0n) is 11.4. The molecule has 0 aliphatic heterocycles. The summed E-state index contributed by atoms with van der Waals surface area (Å²) in [5.74, 6) is 0. The first-order valence-corrected chi connectivity index (χ1v) is 9.44. The van der Waals surface area contributed by atoms with E-state index in [2.05, 4.69) is 46.1 Å². The quantitative estimate of drug-likeness (QED) is 0.491. The minimum Gasteiger partial charge on any atom is -0.312 e. The van der Waals surface area contributed by atoms with Crippen LogP contribution in [0.3, 0.4) is 0 Å². The molecule has 1 atom stereocenters. The molecule has 92 valence electrons. The van der Waals surface area contributed by atoms with Crippen LogP contribution >= 0.6 is 11.1 Å². The van der Waals surface area contributed by atoms with E-state index >= 15 is 0 Å². The van der Waals surface area contributed by atoms with Gasteiger partial charge in [0.1, 0.15) is 0 Å². The van der Waals surface area contributed by atoms with Gasteiger partial charge in [0.25, 0.3) is 0 Å². The highest BCUT2D eigenvalue weighted by molar-refractivity contribution is 7.20. The first-order chi connectivity index (χ1) is 6.83. The second kappa shape index (κ2) is 6.26. The van der Waals surface area contributed by atoms with E-state index in [0.29, 0.717) is 0 Å². The lowest BCUT2D eigenvalue weighted by atomic mass is 10.2. The topological polar surface area (TPSA) is 3.24 Å². The van der Waals surface area contributed by atoms with Crippen molar-refractivity contribution in [3.05, 3.63) is 0 Å². The van der Waals surface area contributed by atoms with Gasteiger partial charge in [-0.25, -0.2) is 0 Å². The van der Waals surface area contributed by atoms with Gasteiger partial charge in [0, 0.05) is 0 Å². The molecule has 0 aliphatic rings. The molecule has 0 rings (SSSR count). The summed E-state index contributed by atoms with van der Waals surface area (Å²) in [4.78, 5) is 0. The van der Waals surface area contributed by atoms with Crippen LogP contribution in [0.2, 0.25) is 11.1 Å². The molecule has 0 bridgehead atoms. The second-order valence-electron chi connectivity index (χ2n) is 5.29. The summed E-state index contributed by atoms with van der Waals surface area (Å²) in [6, 6.07) is 1.22. The van der Waals surface area contributed by atoms with Crippen molar-refractivity contribution in [3.8, 4) is 0 Å². The summed E-state index contributed by atoms with van der Waals surface area (Å²) in [6.45, 7) is 15.8. The molecule has 0 aromatic heterocycles. The van der Waals surface area contributed by atoms with Gasteiger partial charge in [-0.15, -0.1) is 11.1 Å². The zero-order chi connectivity index (χ0) is 12.1. The number of halogens is 1. The van der Waals surface area contributed by atoms with E-state index in [4.69, 9.17) is 11.1 Å². The Bertz CT molecular complexity index is 175. The van der Waals surface area contributed by atoms with Gasteiger partial charge >= 0.3 is 0 Å². The Morgan fingerprint density at radius 2 is 1.53 bits per heavy atom. The smallest absolute Gasteiger partial charge is 0.234 e. The molecule has 0 amide bonds. The third-order valence-electron chi connectivity index (χ3n) is 3.28. The molecule has 0 saturated heterocycles. The van der Waals surface area contributed by atoms with Gasteiger partial charge < -0.3 is 4.57 Å². The molecule has 0 aliphatic carbocycles. The second-order valence-corrected chi connectivity index (χ2v) is 11.3. The fraction of sp³-hybridized carbons (Fsp3) is 1.00. The zero-order valence-corrected chi connectivity index (χ0v) is 13.1. The third-order valence-corrected chi connectivity index (χ3v) is 11.2. The maximum absolute atomic E-state index is 7.03. The van der Waals surface area contributed by atoms with Crippen LogP contribution in [0.15, 0.2) is 0 Å². The largest absolute Gasteiger partial charge is 0.312 e. The number of hydrogen-bond donors (Lipinski definition) is 0. The molecule has 0 N–H and O–H groups in total. The molecule has 0 saturated carbocycles. The van der Waals surface area contributed by atoms with Gasteiger partial charge in [0.05, 0.1) is 0 Å². The van der Waals surface area contributed by atoms with Crippen LogP contribution in [-0.4, -0.2) is 25.2 Å². The van der Waals surface area contributed by atoms with Crippen molar-refractivity contribution in [2.24, 2.45) is 0 Å². The van der Waals surface area contributed by atoms with Crippen LogP contribution in [0.25, 0.3) is 0 Å². The lowest BCUT2D eigenvalue weighted by molar-refractivity contribution is 0.439. The highest BCUT2D eigenvalue weighted by atomic mass is 35.6. The maximum Gasteiger partial charge on any atom is 0.234 e. The Balaban J connectivity index is 4.83. The van der Waals surface area contributed by atoms with Gasteiger partial charge in [0.15, 0.2) is 0 Å². The molecular weight excluding hydrogens is 222 g/mol. The standard InChI is InChI=1S/C12H28ClNSi/c1-7-10-11-15(13,12(4,5)6)14(8-2)9-3/h7-11H2,1-6H3. The van der Waals surface area contributed by atoms with Crippen molar-refractivity contribution in [1.82, 2.24) is 4.57 Å². The summed E-state index contributed by atoms with van der Waals surface area (Å²) in [7, 11) is -1.80. The van der Waals surface area contributed by atoms with Gasteiger partial charge in [0.2, 0.25) is 7.55 Å². The number of nitrogens with zero attached hydrogens (tertiary/aromatic N) is 1. The number of hydrogen-bond acceptors (Lipinski definition) is 1. The molecule has 15 heavy (non-hydrogen) atoms. The molecule has 0 aromatic rings. The van der Waals surface area contributed by atoms with Crippen LogP contribution in [0.4, 0.5) is 0 Å². The molecule has 0 aromatic carbocycles. The Morgan fingerprint density at radius 1 is 1.07 bits per heavy atom. The Hall–Kier alpha value is 0.467. The lowest BCUT2D eigenvalue weighted by Crippen LogP contribution is -2.55. The Morgan fingerprint density at radius 3 is 1.80 bits per heavy atom. The Labute approximate surface area is 102 Å². The minimum atomic E-state index is -1.80. The summed E-state index contributed by atoms with van der Waals surface area (Å²) in [6.07, 6.45) is 2.52. The predicted octanol–water partition coefficient (Wildman–Crippen LogP) is 4.61. The van der Waals surface area contributed by atoms with E-state index in [1.54, 1.807) is 0 Å². The number of unbranched alkanes of at least 4 members (excludes halogenated alkanes) is 1. The van der Waals surface area contributed by atoms with E-state index in [0.717, 1.165) is 13.1 Å². The summed E-state index contributed by atoms with van der Waals surface area (Å²) >= 11 is 7.03. The van der Waals surface area contributed by atoms with Crippen molar-refractivity contribution < 1.29 is 0 Å². The summed E-state index contributed by atoms with van der Waals surface area (Å²) < 4.78 is 2.53. The average molecular weight is 250 g/mol. The van der Waals surface area contributed by atoms with Crippen molar-refractivity contribution in [1.29, 1.82) is 0 Å². The third kappa shape index (κ3) is 3.76. The molecule has 3 heteroatoms. The van der Waals surface area contributed by atoms with Gasteiger partial charge in [-0.3, -0.25) is 0 Å². The van der Waals surface area contributed by atoms with E-state index < -0.39 is 7.55 Å². The molecule has 0 spiro atoms. The first-order valence-electron chi connectivity index (χ1n) is 6.27. The fourth-order valence-corrected chi connectivity index (χ4v) is 7.10. The van der Waals surface area contributed by atoms with Gasteiger partial charge in [-0.2, -0.15) is 0 Å². The maximum atomic E-state index is 7.03. The van der Waals surface area contributed by atoms with Crippen molar-refractivity contribution in [2.45, 2.75) is 65.5 Å². The monoisotopic (exact) mass is 249 g/mol. The molecule has 0 fully saturated rings. The van der Waals surface area contributed by atoms with Crippen LogP contribution in [-0.2, 0) is 0 Å². The van der Waals surface area contributed by atoms with E-state index in [-0.39, 0.29) is 5.04 Å². The molecule has 1 nitrogen and oxygen atoms in total. The van der Waals surface area contributed by atoms with Crippen molar-refractivity contribution >= 4 is 18.6 Å². The van der Waals surface area contributed by atoms with E-state index in [1.165, 1.54) is 18.9 Å². The minimum absolute atomic E-state index is 0.260. The molecule has 0 heterocycles. The van der Waals surface area contributed by atoms with E-state index in [1.807, 2.05) is 0 Å². The van der Waals surface area contributed by atoms with Crippen molar-refractivity contribution in [3.63, 3.8) is 0 Å². The predicted molar refractivity (Wildman–Crippen MR) is 74.0 cm³/mol. The van der Waals surface area contributed by atoms with Crippen LogP contribution in [0.5, 0.6) is 0 Å². The van der Waals surface area contributed by atoms with E-state index in [9.17, 15) is 0 Å². The first kappa shape index (κ1) is 15.5. The fourth-order valence-electron chi connectivity index (χ4n) is 2.14. The van der Waals surface area contributed by atoms with Crippen LogP contribution < -0.4 is 0 Å². The highest BCUT2D eigenvalue weighted by Gasteiger charge is 2.46. The van der Waals surface area contributed by atoms with Crippen LogP contribution in [0, 0.1) is 0 Å². The molecule has 0 radical (unpaired) electrons. The summed E-state index contributed by atoms with van der Waals surface area (Å²) in [5.41, 5.74) is 0. The van der Waals surface area contributed by atoms with Gasteiger partial charge in [-0.1, -0.05) is 54.4 Å². The average Bonchev–Trinajstić information content (AvgIpc) is 2.14. The lowest BCUT2D eigenvalue weighted by Gasteiger charge is -2.45. The number of rotatable bonds is 6.